The van der Waals surface area contributed by atoms with E-state index in [1.54, 1.807) is 0 Å². The fourth-order valence-corrected chi connectivity index (χ4v) is 8.96. The minimum Gasteiger partial charge on any atom is -0.456 e. The van der Waals surface area contributed by atoms with E-state index in [0.717, 1.165) is 33.2 Å². The predicted molar refractivity (Wildman–Crippen MR) is 231 cm³/mol. The molecule has 0 aliphatic rings. The van der Waals surface area contributed by atoms with E-state index in [4.69, 9.17) is 4.42 Å². The number of fused-ring (bicyclic) bond motifs is 10. The van der Waals surface area contributed by atoms with E-state index in [-0.39, 0.29) is 0 Å². The van der Waals surface area contributed by atoms with Crippen LogP contribution < -0.4 is 0 Å². The largest absolute Gasteiger partial charge is 0.456 e. The van der Waals surface area contributed by atoms with Crippen molar-refractivity contribution >= 4 is 76.3 Å². The smallest absolute Gasteiger partial charge is 0.136 e. The molecule has 0 N–H and O–H groups in total. The summed E-state index contributed by atoms with van der Waals surface area (Å²) in [4.78, 5) is 0. The molecule has 256 valence electrons. The molecule has 0 saturated carbocycles. The van der Waals surface area contributed by atoms with E-state index in [1.807, 2.05) is 12.1 Å². The van der Waals surface area contributed by atoms with Crippen LogP contribution in [-0.2, 0) is 0 Å². The van der Waals surface area contributed by atoms with Crippen LogP contribution in [0, 0.1) is 0 Å². The molecule has 0 fully saturated rings. The Hall–Kier alpha value is -7.36. The maximum Gasteiger partial charge on any atom is 0.136 e. The van der Waals surface area contributed by atoms with Crippen LogP contribution >= 0.6 is 0 Å². The average molecular weight is 701 g/mol. The van der Waals surface area contributed by atoms with Crippen LogP contribution in [0.4, 0.5) is 0 Å². The molecule has 3 heterocycles. The number of para-hydroxylation sites is 4. The topological polar surface area (TPSA) is 23.0 Å². The molecular formula is C52H32N2O. The molecule has 0 bridgehead atoms. The van der Waals surface area contributed by atoms with Gasteiger partial charge in [-0.25, -0.2) is 0 Å². The van der Waals surface area contributed by atoms with Gasteiger partial charge in [0.2, 0.25) is 0 Å². The second-order valence-electron chi connectivity index (χ2n) is 14.5. The van der Waals surface area contributed by atoms with Crippen molar-refractivity contribution in [2.45, 2.75) is 0 Å². The molecule has 0 aliphatic heterocycles. The molecule has 0 radical (unpaired) electrons. The van der Waals surface area contributed by atoms with Crippen molar-refractivity contribution in [3.63, 3.8) is 0 Å². The van der Waals surface area contributed by atoms with Crippen LogP contribution in [0.5, 0.6) is 0 Å². The van der Waals surface area contributed by atoms with Gasteiger partial charge in [0.1, 0.15) is 11.2 Å². The maximum atomic E-state index is 6.25. The SMILES string of the molecule is c1ccc(-n2c3ccccc3c3ccc(-c4ccc5c6ccccc6n(-c6cccc7cc(-c8ccc9c(c8)oc8ccccc89)ccc67)c5c4)cc32)cc1. The number of nitrogens with zero attached hydrogens (tertiary/aromatic N) is 2. The van der Waals surface area contributed by atoms with Crippen LogP contribution in [0.1, 0.15) is 0 Å². The summed E-state index contributed by atoms with van der Waals surface area (Å²) < 4.78 is 11.1. The molecule has 9 aromatic carbocycles. The zero-order valence-corrected chi connectivity index (χ0v) is 29.8. The van der Waals surface area contributed by atoms with Crippen LogP contribution in [0.2, 0.25) is 0 Å². The molecule has 0 aliphatic carbocycles. The van der Waals surface area contributed by atoms with E-state index in [1.165, 1.54) is 76.8 Å². The molecule has 12 aromatic rings. The van der Waals surface area contributed by atoms with Gasteiger partial charge in [-0.1, -0.05) is 127 Å². The summed E-state index contributed by atoms with van der Waals surface area (Å²) in [6.07, 6.45) is 0. The summed E-state index contributed by atoms with van der Waals surface area (Å²) in [5, 5.41) is 9.70. The average Bonchev–Trinajstić information content (AvgIpc) is 3.90. The zero-order valence-electron chi connectivity index (χ0n) is 29.8. The van der Waals surface area contributed by atoms with Gasteiger partial charge < -0.3 is 13.6 Å². The minimum absolute atomic E-state index is 0.911. The summed E-state index contributed by atoms with van der Waals surface area (Å²) in [6, 6.07) is 70.4. The van der Waals surface area contributed by atoms with Gasteiger partial charge in [-0.15, -0.1) is 0 Å². The Morgan fingerprint density at radius 3 is 1.53 bits per heavy atom. The van der Waals surface area contributed by atoms with Gasteiger partial charge in [0, 0.05) is 43.4 Å². The number of benzene rings is 9. The lowest BCUT2D eigenvalue weighted by atomic mass is 9.99. The summed E-state index contributed by atoms with van der Waals surface area (Å²) >= 11 is 0. The predicted octanol–water partition coefficient (Wildman–Crippen LogP) is 14.3. The molecule has 12 rings (SSSR count). The van der Waals surface area contributed by atoms with Gasteiger partial charge in [0.05, 0.1) is 27.8 Å². The molecule has 3 nitrogen and oxygen atoms in total. The zero-order chi connectivity index (χ0) is 36.0. The molecule has 3 heteroatoms. The molecule has 0 unspecified atom stereocenters. The Bertz CT molecular complexity index is 3490. The van der Waals surface area contributed by atoms with E-state index in [2.05, 4.69) is 191 Å². The Morgan fingerprint density at radius 2 is 0.800 bits per heavy atom. The lowest BCUT2D eigenvalue weighted by molar-refractivity contribution is 0.669. The second-order valence-corrected chi connectivity index (χ2v) is 14.5. The fourth-order valence-electron chi connectivity index (χ4n) is 8.96. The van der Waals surface area contributed by atoms with Gasteiger partial charge >= 0.3 is 0 Å². The number of furan rings is 1. The Balaban J connectivity index is 1.03. The maximum absolute atomic E-state index is 6.25. The molecule has 0 spiro atoms. The van der Waals surface area contributed by atoms with Crippen LogP contribution in [0.3, 0.4) is 0 Å². The van der Waals surface area contributed by atoms with Crippen molar-refractivity contribution < 1.29 is 4.42 Å². The standard InChI is InChI=1S/C52H32N2O/c1-2-12-38(13-3-1)53-47-17-7-4-14-40(47)42-26-22-34(30-49(42)53)35-23-27-43-41-15-5-8-18-48(41)54(50(43)31-35)46-19-10-11-37-29-33(21-25-39(37)46)36-24-28-45-44-16-6-9-20-51(44)55-52(45)32-36/h1-32H. The third kappa shape index (κ3) is 4.50. The highest BCUT2D eigenvalue weighted by Crippen LogP contribution is 2.40. The van der Waals surface area contributed by atoms with Crippen LogP contribution in [0.25, 0.3) is 110 Å². The first-order chi connectivity index (χ1) is 27.3. The Kier molecular flexibility index (Phi) is 6.34. The molecular weight excluding hydrogens is 669 g/mol. The van der Waals surface area contributed by atoms with E-state index < -0.39 is 0 Å². The van der Waals surface area contributed by atoms with Crippen molar-refractivity contribution in [2.75, 3.05) is 0 Å². The quantitative estimate of drug-likeness (QED) is 0.179. The Morgan fingerprint density at radius 1 is 0.291 bits per heavy atom. The van der Waals surface area contributed by atoms with E-state index in [0.29, 0.717) is 0 Å². The van der Waals surface area contributed by atoms with Crippen molar-refractivity contribution in [2.24, 2.45) is 0 Å². The molecule has 0 amide bonds. The highest BCUT2D eigenvalue weighted by molar-refractivity contribution is 6.13. The molecule has 3 aromatic heterocycles. The normalized spacial score (nSPS) is 12.0. The van der Waals surface area contributed by atoms with Gasteiger partial charge in [-0.3, -0.25) is 0 Å². The third-order valence-corrected chi connectivity index (χ3v) is 11.5. The van der Waals surface area contributed by atoms with Crippen molar-refractivity contribution in [1.82, 2.24) is 9.13 Å². The highest BCUT2D eigenvalue weighted by atomic mass is 16.3. The van der Waals surface area contributed by atoms with Crippen LogP contribution in [0.15, 0.2) is 199 Å². The lowest BCUT2D eigenvalue weighted by Gasteiger charge is -2.13. The van der Waals surface area contributed by atoms with E-state index in [9.17, 15) is 0 Å². The van der Waals surface area contributed by atoms with Crippen molar-refractivity contribution in [3.05, 3.63) is 194 Å². The summed E-state index contributed by atoms with van der Waals surface area (Å²) in [7, 11) is 0. The summed E-state index contributed by atoms with van der Waals surface area (Å²) in [5.41, 5.74) is 13.6. The van der Waals surface area contributed by atoms with Gasteiger partial charge in [0.15, 0.2) is 0 Å². The fraction of sp³-hybridized carbons (Fsp3) is 0. The molecule has 0 saturated heterocycles. The minimum atomic E-state index is 0.911. The first-order valence-electron chi connectivity index (χ1n) is 18.8. The molecule has 55 heavy (non-hydrogen) atoms. The molecule has 0 atom stereocenters. The van der Waals surface area contributed by atoms with Crippen molar-refractivity contribution in [1.29, 1.82) is 0 Å². The van der Waals surface area contributed by atoms with Gasteiger partial charge in [-0.05, 0) is 94.4 Å². The highest BCUT2D eigenvalue weighted by Gasteiger charge is 2.18. The Labute approximate surface area is 316 Å². The first kappa shape index (κ1) is 30.1. The summed E-state index contributed by atoms with van der Waals surface area (Å²) in [6.45, 7) is 0. The number of rotatable bonds is 4. The monoisotopic (exact) mass is 700 g/mol. The first-order valence-corrected chi connectivity index (χ1v) is 18.8. The third-order valence-electron chi connectivity index (χ3n) is 11.5. The number of hydrogen-bond acceptors (Lipinski definition) is 1. The van der Waals surface area contributed by atoms with Crippen LogP contribution in [-0.4, -0.2) is 9.13 Å². The summed E-state index contributed by atoms with van der Waals surface area (Å²) in [5.74, 6) is 0. The van der Waals surface area contributed by atoms with Gasteiger partial charge in [-0.2, -0.15) is 0 Å². The number of hydrogen-bond donors (Lipinski definition) is 0. The van der Waals surface area contributed by atoms with Crippen molar-refractivity contribution in [3.8, 4) is 33.6 Å². The lowest BCUT2D eigenvalue weighted by Crippen LogP contribution is -1.96. The van der Waals surface area contributed by atoms with E-state index >= 15 is 0 Å². The van der Waals surface area contributed by atoms with Gasteiger partial charge in [0.25, 0.3) is 0 Å². The second kappa shape index (κ2) is 11.6. The number of aromatic nitrogens is 2.